The number of non-ortho nitro benzene ring substituents is 1. The lowest BCUT2D eigenvalue weighted by atomic mass is 9.95. The number of nitro benzene ring substituents is 1. The van der Waals surface area contributed by atoms with Crippen LogP contribution in [-0.2, 0) is 9.59 Å². The Balaban J connectivity index is 1.73. The van der Waals surface area contributed by atoms with Crippen LogP contribution in [0.3, 0.4) is 0 Å². The summed E-state index contributed by atoms with van der Waals surface area (Å²) in [5.74, 6) is -1.27. The number of aliphatic hydroxyl groups is 1. The molecule has 1 atom stereocenters. The molecule has 0 radical (unpaired) electrons. The Morgan fingerprint density at radius 3 is 2.47 bits per heavy atom. The molecule has 0 spiro atoms. The van der Waals surface area contributed by atoms with Crippen LogP contribution in [0.4, 0.5) is 5.69 Å². The van der Waals surface area contributed by atoms with Crippen LogP contribution in [-0.4, -0.2) is 76.9 Å². The lowest BCUT2D eigenvalue weighted by Gasteiger charge is -2.31. The molecule has 0 bridgehead atoms. The van der Waals surface area contributed by atoms with Gasteiger partial charge in [0.15, 0.2) is 0 Å². The topological polar surface area (TPSA) is 125 Å². The van der Waals surface area contributed by atoms with E-state index in [4.69, 9.17) is 4.74 Å². The van der Waals surface area contributed by atoms with Crippen molar-refractivity contribution < 1.29 is 24.4 Å². The van der Waals surface area contributed by atoms with Gasteiger partial charge in [-0.25, -0.2) is 0 Å². The van der Waals surface area contributed by atoms with Crippen LogP contribution >= 0.6 is 0 Å². The fourth-order valence-electron chi connectivity index (χ4n) is 4.57. The maximum atomic E-state index is 13.2. The predicted octanol–water partition coefficient (Wildman–Crippen LogP) is 2.71. The third kappa shape index (κ3) is 5.39. The first-order valence-corrected chi connectivity index (χ1v) is 12.0. The van der Waals surface area contributed by atoms with E-state index in [1.54, 1.807) is 30.3 Å². The van der Waals surface area contributed by atoms with Gasteiger partial charge in [-0.3, -0.25) is 24.6 Å². The first-order chi connectivity index (χ1) is 17.3. The Morgan fingerprint density at radius 2 is 1.83 bits per heavy atom. The zero-order valence-corrected chi connectivity index (χ0v) is 20.3. The van der Waals surface area contributed by atoms with Crippen LogP contribution in [0.25, 0.3) is 5.76 Å². The number of amides is 1. The van der Waals surface area contributed by atoms with E-state index in [1.807, 2.05) is 13.8 Å². The highest BCUT2D eigenvalue weighted by atomic mass is 16.6. The summed E-state index contributed by atoms with van der Waals surface area (Å²) in [5.41, 5.74) is 0.500. The van der Waals surface area contributed by atoms with Crippen molar-refractivity contribution in [2.45, 2.75) is 26.0 Å². The maximum absolute atomic E-state index is 13.2. The third-order valence-corrected chi connectivity index (χ3v) is 6.30. The largest absolute Gasteiger partial charge is 0.507 e. The number of Topliss-reactive ketones (excluding diaryl/α,β-unsaturated/α-hetero) is 1. The van der Waals surface area contributed by atoms with Crippen LogP contribution < -0.4 is 10.1 Å². The van der Waals surface area contributed by atoms with Crippen molar-refractivity contribution >= 4 is 23.1 Å². The van der Waals surface area contributed by atoms with E-state index in [0.29, 0.717) is 23.4 Å². The van der Waals surface area contributed by atoms with Crippen LogP contribution in [0.5, 0.6) is 5.75 Å². The van der Waals surface area contributed by atoms with Gasteiger partial charge >= 0.3 is 0 Å². The van der Waals surface area contributed by atoms with Gasteiger partial charge in [-0.15, -0.1) is 0 Å². The fourth-order valence-corrected chi connectivity index (χ4v) is 4.57. The monoisotopic (exact) mass is 494 g/mol. The molecule has 2 aliphatic heterocycles. The second-order valence-electron chi connectivity index (χ2n) is 9.13. The molecule has 2 saturated heterocycles. The van der Waals surface area contributed by atoms with Gasteiger partial charge in [0.05, 0.1) is 22.6 Å². The van der Waals surface area contributed by atoms with E-state index in [2.05, 4.69) is 10.2 Å². The molecule has 2 aromatic carbocycles. The number of piperazine rings is 1. The molecule has 1 unspecified atom stereocenters. The highest BCUT2D eigenvalue weighted by molar-refractivity contribution is 6.46. The van der Waals surface area contributed by atoms with E-state index < -0.39 is 22.7 Å². The van der Waals surface area contributed by atoms with Crippen molar-refractivity contribution in [1.29, 1.82) is 0 Å². The molecule has 2 N–H and O–H groups in total. The standard InChI is InChI=1S/C26H30N4O6/c1-17(2)36-21-8-6-18(7-9-21)24(31)22-23(19-4-3-5-20(16-19)30(34)35)29(26(33)25(22)32)15-14-28-12-10-27-11-13-28/h3-9,16-17,23,27,31H,10-15H2,1-2H3/b24-22+. The first-order valence-electron chi connectivity index (χ1n) is 12.0. The van der Waals surface area contributed by atoms with Gasteiger partial charge in [0.1, 0.15) is 11.5 Å². The highest BCUT2D eigenvalue weighted by Crippen LogP contribution is 2.40. The second-order valence-corrected chi connectivity index (χ2v) is 9.13. The molecule has 1 amide bonds. The third-order valence-electron chi connectivity index (χ3n) is 6.30. The van der Waals surface area contributed by atoms with Gasteiger partial charge in [0.25, 0.3) is 17.4 Å². The number of likely N-dealkylation sites (tertiary alicyclic amines) is 1. The van der Waals surface area contributed by atoms with E-state index >= 15 is 0 Å². The van der Waals surface area contributed by atoms with Gasteiger partial charge in [-0.05, 0) is 43.7 Å². The number of aliphatic hydroxyl groups excluding tert-OH is 1. The van der Waals surface area contributed by atoms with Crippen LogP contribution in [0.15, 0.2) is 54.1 Å². The Labute approximate surface area is 209 Å². The zero-order valence-electron chi connectivity index (χ0n) is 20.3. The van der Waals surface area contributed by atoms with E-state index in [-0.39, 0.29) is 29.7 Å². The number of nitrogens with one attached hydrogen (secondary N) is 1. The van der Waals surface area contributed by atoms with Gasteiger partial charge in [0.2, 0.25) is 0 Å². The SMILES string of the molecule is CC(C)Oc1ccc(/C(O)=C2\C(=O)C(=O)N(CCN3CCNCC3)C2c2cccc([N+](=O)[O-])c2)cc1. The molecular weight excluding hydrogens is 464 g/mol. The van der Waals surface area contributed by atoms with Crippen molar-refractivity contribution in [3.63, 3.8) is 0 Å². The lowest BCUT2D eigenvalue weighted by Crippen LogP contribution is -2.46. The first kappa shape index (κ1) is 25.3. The Hall–Kier alpha value is -3.76. The molecule has 2 aromatic rings. The van der Waals surface area contributed by atoms with Crippen molar-refractivity contribution in [1.82, 2.24) is 15.1 Å². The highest BCUT2D eigenvalue weighted by Gasteiger charge is 2.46. The average Bonchev–Trinajstić information content (AvgIpc) is 3.12. The molecule has 10 heteroatoms. The number of hydrogen-bond donors (Lipinski definition) is 2. The van der Waals surface area contributed by atoms with Crippen LogP contribution in [0.1, 0.15) is 31.0 Å². The lowest BCUT2D eigenvalue weighted by molar-refractivity contribution is -0.384. The van der Waals surface area contributed by atoms with Crippen molar-refractivity contribution in [3.05, 3.63) is 75.3 Å². The molecule has 0 aromatic heterocycles. The van der Waals surface area contributed by atoms with Gasteiger partial charge < -0.3 is 20.1 Å². The Morgan fingerprint density at radius 1 is 1.14 bits per heavy atom. The molecule has 190 valence electrons. The number of carbonyl (C=O) groups excluding carboxylic acids is 2. The van der Waals surface area contributed by atoms with E-state index in [1.165, 1.54) is 23.1 Å². The van der Waals surface area contributed by atoms with Gasteiger partial charge in [-0.1, -0.05) is 12.1 Å². The van der Waals surface area contributed by atoms with Crippen molar-refractivity contribution in [2.24, 2.45) is 0 Å². The summed E-state index contributed by atoms with van der Waals surface area (Å²) in [5, 5.41) is 25.9. The molecule has 2 heterocycles. The molecule has 10 nitrogen and oxygen atoms in total. The summed E-state index contributed by atoms with van der Waals surface area (Å²) >= 11 is 0. The van der Waals surface area contributed by atoms with E-state index in [0.717, 1.165) is 26.2 Å². The molecule has 2 fully saturated rings. The minimum absolute atomic E-state index is 0.0284. The molecule has 0 aliphatic carbocycles. The summed E-state index contributed by atoms with van der Waals surface area (Å²) < 4.78 is 5.65. The molecule has 0 saturated carbocycles. The summed E-state index contributed by atoms with van der Waals surface area (Å²) in [6.07, 6.45) is -0.0284. The Kier molecular flexibility index (Phi) is 7.66. The number of carbonyl (C=O) groups is 2. The predicted molar refractivity (Wildman–Crippen MR) is 134 cm³/mol. The number of nitro groups is 1. The minimum atomic E-state index is -0.945. The van der Waals surface area contributed by atoms with Crippen LogP contribution in [0.2, 0.25) is 0 Å². The van der Waals surface area contributed by atoms with E-state index in [9.17, 15) is 24.8 Å². The Bertz CT molecular complexity index is 1170. The summed E-state index contributed by atoms with van der Waals surface area (Å²) in [6.45, 7) is 7.89. The molecule has 36 heavy (non-hydrogen) atoms. The quantitative estimate of drug-likeness (QED) is 0.189. The number of ether oxygens (including phenoxy) is 1. The second kappa shape index (κ2) is 10.9. The summed E-state index contributed by atoms with van der Waals surface area (Å²) in [7, 11) is 0. The number of benzene rings is 2. The minimum Gasteiger partial charge on any atom is -0.507 e. The van der Waals surface area contributed by atoms with Crippen molar-refractivity contribution in [2.75, 3.05) is 39.3 Å². The van der Waals surface area contributed by atoms with Gasteiger partial charge in [0, 0.05) is 57.0 Å². The molecular formula is C26H30N4O6. The number of hydrogen-bond acceptors (Lipinski definition) is 8. The molecule has 2 aliphatic rings. The summed E-state index contributed by atoms with van der Waals surface area (Å²) in [6, 6.07) is 11.5. The maximum Gasteiger partial charge on any atom is 0.295 e. The zero-order chi connectivity index (χ0) is 25.8. The smallest absolute Gasteiger partial charge is 0.295 e. The summed E-state index contributed by atoms with van der Waals surface area (Å²) in [4.78, 5) is 40.9. The average molecular weight is 495 g/mol. The van der Waals surface area contributed by atoms with Gasteiger partial charge in [-0.2, -0.15) is 0 Å². The number of ketones is 1. The van der Waals surface area contributed by atoms with Crippen molar-refractivity contribution in [3.8, 4) is 5.75 Å². The fraction of sp³-hybridized carbons (Fsp3) is 0.385. The normalized spacial score (nSPS) is 20.2. The number of rotatable bonds is 8. The molecule has 4 rings (SSSR count). The number of nitrogens with zero attached hydrogens (tertiary/aromatic N) is 3. The van der Waals surface area contributed by atoms with Crippen LogP contribution in [0, 0.1) is 10.1 Å².